The van der Waals surface area contributed by atoms with Gasteiger partial charge in [-0.2, -0.15) is 0 Å². The van der Waals surface area contributed by atoms with E-state index in [4.69, 9.17) is 5.73 Å². The van der Waals surface area contributed by atoms with Gasteiger partial charge in [-0.05, 0) is 25.5 Å². The second-order valence-electron chi connectivity index (χ2n) is 4.90. The molecular formula is C13H21N3O4S. The molecule has 0 aliphatic heterocycles. The van der Waals surface area contributed by atoms with E-state index in [0.717, 1.165) is 12.8 Å². The maximum atomic E-state index is 12.3. The summed E-state index contributed by atoms with van der Waals surface area (Å²) in [4.78, 5) is 10.2. The average Bonchev–Trinajstić information content (AvgIpc) is 2.42. The number of nitro benzene ring substituents is 1. The van der Waals surface area contributed by atoms with Crippen LogP contribution in [0.3, 0.4) is 0 Å². The van der Waals surface area contributed by atoms with Crippen molar-refractivity contribution in [1.29, 1.82) is 0 Å². The first-order valence-electron chi connectivity index (χ1n) is 6.79. The number of benzene rings is 1. The maximum absolute atomic E-state index is 12.3. The molecule has 0 aliphatic carbocycles. The Morgan fingerprint density at radius 1 is 1.43 bits per heavy atom. The number of hydrogen-bond donors (Lipinski definition) is 2. The Labute approximate surface area is 124 Å². The van der Waals surface area contributed by atoms with Crippen LogP contribution >= 0.6 is 0 Å². The molecule has 1 aromatic carbocycles. The average molecular weight is 315 g/mol. The molecule has 0 fully saturated rings. The Bertz CT molecular complexity index is 601. The van der Waals surface area contributed by atoms with Crippen LogP contribution in [-0.4, -0.2) is 25.9 Å². The summed E-state index contributed by atoms with van der Waals surface area (Å²) in [6, 6.07) is 3.41. The van der Waals surface area contributed by atoms with Gasteiger partial charge in [0.05, 0.1) is 9.82 Å². The van der Waals surface area contributed by atoms with Crippen LogP contribution in [0.2, 0.25) is 0 Å². The Hall–Kier alpha value is -1.51. The van der Waals surface area contributed by atoms with Crippen LogP contribution in [0, 0.1) is 17.0 Å². The fraction of sp³-hybridized carbons (Fsp3) is 0.538. The Balaban J connectivity index is 2.97. The van der Waals surface area contributed by atoms with Gasteiger partial charge in [-0.25, -0.2) is 13.1 Å². The Morgan fingerprint density at radius 2 is 2.10 bits per heavy atom. The summed E-state index contributed by atoms with van der Waals surface area (Å²) in [6.45, 7) is 3.74. The number of nitrogens with one attached hydrogen (secondary N) is 1. The molecule has 118 valence electrons. The third kappa shape index (κ3) is 4.76. The number of nitrogens with zero attached hydrogens (tertiary/aromatic N) is 1. The Kier molecular flexibility index (Phi) is 6.25. The lowest BCUT2D eigenvalue weighted by atomic mass is 10.1. The molecule has 1 aromatic rings. The van der Waals surface area contributed by atoms with E-state index < -0.39 is 14.9 Å². The van der Waals surface area contributed by atoms with Crippen molar-refractivity contribution >= 4 is 15.7 Å². The summed E-state index contributed by atoms with van der Waals surface area (Å²) in [5.41, 5.74) is 5.78. The third-order valence-electron chi connectivity index (χ3n) is 3.19. The van der Waals surface area contributed by atoms with Crippen molar-refractivity contribution in [3.63, 3.8) is 0 Å². The quantitative estimate of drug-likeness (QED) is 0.559. The highest BCUT2D eigenvalue weighted by molar-refractivity contribution is 7.89. The SMILES string of the molecule is CCCCC(CN)NS(=O)(=O)c1ccc([N+](=O)[O-])c(C)c1. The molecule has 0 amide bonds. The van der Waals surface area contributed by atoms with Crippen molar-refractivity contribution in [2.75, 3.05) is 6.54 Å². The molecule has 1 atom stereocenters. The predicted octanol–water partition coefficient (Wildman–Crippen LogP) is 1.70. The molecule has 0 aliphatic rings. The molecule has 0 spiro atoms. The van der Waals surface area contributed by atoms with Gasteiger partial charge in [0.15, 0.2) is 0 Å². The highest BCUT2D eigenvalue weighted by Crippen LogP contribution is 2.21. The molecule has 7 nitrogen and oxygen atoms in total. The van der Waals surface area contributed by atoms with E-state index in [1.165, 1.54) is 25.1 Å². The van der Waals surface area contributed by atoms with E-state index in [9.17, 15) is 18.5 Å². The van der Waals surface area contributed by atoms with E-state index in [1.807, 2.05) is 6.92 Å². The van der Waals surface area contributed by atoms with E-state index >= 15 is 0 Å². The summed E-state index contributed by atoms with van der Waals surface area (Å²) in [5.74, 6) is 0. The summed E-state index contributed by atoms with van der Waals surface area (Å²) < 4.78 is 27.1. The zero-order valence-electron chi connectivity index (χ0n) is 12.2. The van der Waals surface area contributed by atoms with Crippen molar-refractivity contribution in [1.82, 2.24) is 4.72 Å². The molecule has 0 saturated carbocycles. The van der Waals surface area contributed by atoms with Gasteiger partial charge >= 0.3 is 0 Å². The number of hydrogen-bond acceptors (Lipinski definition) is 5. The van der Waals surface area contributed by atoms with Gasteiger partial charge in [-0.3, -0.25) is 10.1 Å². The van der Waals surface area contributed by atoms with Gasteiger partial charge in [-0.1, -0.05) is 19.8 Å². The first-order chi connectivity index (χ1) is 9.81. The summed E-state index contributed by atoms with van der Waals surface area (Å²) in [5, 5.41) is 10.7. The van der Waals surface area contributed by atoms with Crippen molar-refractivity contribution < 1.29 is 13.3 Å². The molecule has 0 aromatic heterocycles. The normalized spacial score (nSPS) is 13.1. The lowest BCUT2D eigenvalue weighted by Gasteiger charge is -2.16. The molecule has 0 saturated heterocycles. The lowest BCUT2D eigenvalue weighted by Crippen LogP contribution is -2.40. The van der Waals surface area contributed by atoms with Crippen LogP contribution < -0.4 is 10.5 Å². The molecule has 3 N–H and O–H groups in total. The number of unbranched alkanes of at least 4 members (excludes halogenated alkanes) is 1. The van der Waals surface area contributed by atoms with Crippen LogP contribution in [0.25, 0.3) is 0 Å². The maximum Gasteiger partial charge on any atom is 0.272 e. The number of sulfonamides is 1. The number of aryl methyl sites for hydroxylation is 1. The molecule has 1 rings (SSSR count). The largest absolute Gasteiger partial charge is 0.329 e. The van der Waals surface area contributed by atoms with Gasteiger partial charge in [0, 0.05) is 24.2 Å². The number of nitrogens with two attached hydrogens (primary N) is 1. The monoisotopic (exact) mass is 315 g/mol. The Morgan fingerprint density at radius 3 is 2.57 bits per heavy atom. The van der Waals surface area contributed by atoms with Gasteiger partial charge in [0.25, 0.3) is 5.69 Å². The summed E-state index contributed by atoms with van der Waals surface area (Å²) >= 11 is 0. The number of rotatable bonds is 8. The minimum absolute atomic E-state index is 0.0144. The standard InChI is InChI=1S/C13H21N3O4S/c1-3-4-5-11(9-14)15-21(19,20)12-6-7-13(16(17)18)10(2)8-12/h6-8,11,15H,3-5,9,14H2,1-2H3. The second-order valence-corrected chi connectivity index (χ2v) is 6.62. The zero-order chi connectivity index (χ0) is 16.0. The first kappa shape index (κ1) is 17.5. The van der Waals surface area contributed by atoms with Crippen molar-refractivity contribution in [2.24, 2.45) is 5.73 Å². The van der Waals surface area contributed by atoms with E-state index in [1.54, 1.807) is 0 Å². The minimum Gasteiger partial charge on any atom is -0.329 e. The van der Waals surface area contributed by atoms with E-state index in [-0.39, 0.29) is 23.2 Å². The predicted molar refractivity (Wildman–Crippen MR) is 80.5 cm³/mol. The molecule has 21 heavy (non-hydrogen) atoms. The molecule has 0 bridgehead atoms. The zero-order valence-corrected chi connectivity index (χ0v) is 13.0. The van der Waals surface area contributed by atoms with Gasteiger partial charge in [0.1, 0.15) is 0 Å². The van der Waals surface area contributed by atoms with E-state index in [0.29, 0.717) is 12.0 Å². The highest BCUT2D eigenvalue weighted by Gasteiger charge is 2.21. The summed E-state index contributed by atoms with van der Waals surface area (Å²) in [6.07, 6.45) is 2.50. The van der Waals surface area contributed by atoms with Crippen LogP contribution in [0.1, 0.15) is 31.7 Å². The molecule has 0 heterocycles. The minimum atomic E-state index is -3.72. The molecule has 0 radical (unpaired) electrons. The highest BCUT2D eigenvalue weighted by atomic mass is 32.2. The van der Waals surface area contributed by atoms with Gasteiger partial charge in [0.2, 0.25) is 10.0 Å². The molecule has 1 unspecified atom stereocenters. The molecular weight excluding hydrogens is 294 g/mol. The number of nitro groups is 1. The van der Waals surface area contributed by atoms with Gasteiger partial charge < -0.3 is 5.73 Å². The van der Waals surface area contributed by atoms with Crippen LogP contribution in [0.15, 0.2) is 23.1 Å². The van der Waals surface area contributed by atoms with Crippen molar-refractivity contribution in [3.05, 3.63) is 33.9 Å². The first-order valence-corrected chi connectivity index (χ1v) is 8.27. The van der Waals surface area contributed by atoms with Crippen LogP contribution in [0.5, 0.6) is 0 Å². The van der Waals surface area contributed by atoms with E-state index in [2.05, 4.69) is 4.72 Å². The summed E-state index contributed by atoms with van der Waals surface area (Å²) in [7, 11) is -3.72. The fourth-order valence-electron chi connectivity index (χ4n) is 1.96. The molecule has 8 heteroatoms. The smallest absolute Gasteiger partial charge is 0.272 e. The van der Waals surface area contributed by atoms with Crippen LogP contribution in [-0.2, 0) is 10.0 Å². The second kappa shape index (κ2) is 7.48. The van der Waals surface area contributed by atoms with Crippen molar-refractivity contribution in [3.8, 4) is 0 Å². The lowest BCUT2D eigenvalue weighted by molar-refractivity contribution is -0.385. The van der Waals surface area contributed by atoms with Gasteiger partial charge in [-0.15, -0.1) is 0 Å². The third-order valence-corrected chi connectivity index (χ3v) is 4.71. The topological polar surface area (TPSA) is 115 Å². The fourth-order valence-corrected chi connectivity index (χ4v) is 3.33. The van der Waals surface area contributed by atoms with Crippen LogP contribution in [0.4, 0.5) is 5.69 Å². The van der Waals surface area contributed by atoms with Crippen molar-refractivity contribution in [2.45, 2.75) is 44.0 Å².